The SMILES string of the molecule is CCNC(=NCC1CCC1)NCC1COCCO1. The van der Waals surface area contributed by atoms with Crippen LogP contribution in [0.4, 0.5) is 0 Å². The predicted molar refractivity (Wildman–Crippen MR) is 71.9 cm³/mol. The molecule has 0 bridgehead atoms. The lowest BCUT2D eigenvalue weighted by Gasteiger charge is -2.25. The van der Waals surface area contributed by atoms with Crippen LogP contribution in [0.3, 0.4) is 0 Å². The minimum Gasteiger partial charge on any atom is -0.376 e. The molecule has 5 heteroatoms. The van der Waals surface area contributed by atoms with E-state index in [9.17, 15) is 0 Å². The van der Waals surface area contributed by atoms with Gasteiger partial charge in [-0.05, 0) is 25.7 Å². The maximum absolute atomic E-state index is 5.59. The molecule has 0 amide bonds. The first-order valence-electron chi connectivity index (χ1n) is 7.10. The molecule has 0 aromatic rings. The highest BCUT2D eigenvalue weighted by Crippen LogP contribution is 2.26. The van der Waals surface area contributed by atoms with Crippen LogP contribution in [0.15, 0.2) is 4.99 Å². The lowest BCUT2D eigenvalue weighted by Crippen LogP contribution is -2.44. The Morgan fingerprint density at radius 3 is 2.78 bits per heavy atom. The van der Waals surface area contributed by atoms with Crippen molar-refractivity contribution in [3.63, 3.8) is 0 Å². The summed E-state index contributed by atoms with van der Waals surface area (Å²) in [6, 6.07) is 0. The van der Waals surface area contributed by atoms with Crippen molar-refractivity contribution in [2.75, 3.05) is 39.5 Å². The van der Waals surface area contributed by atoms with E-state index in [-0.39, 0.29) is 6.10 Å². The summed E-state index contributed by atoms with van der Waals surface area (Å²) in [5, 5.41) is 6.60. The van der Waals surface area contributed by atoms with Crippen molar-refractivity contribution < 1.29 is 9.47 Å². The van der Waals surface area contributed by atoms with Crippen LogP contribution in [0.5, 0.6) is 0 Å². The van der Waals surface area contributed by atoms with E-state index in [0.29, 0.717) is 19.8 Å². The number of hydrogen-bond donors (Lipinski definition) is 2. The van der Waals surface area contributed by atoms with Crippen LogP contribution in [0.25, 0.3) is 0 Å². The van der Waals surface area contributed by atoms with Crippen LogP contribution in [0, 0.1) is 5.92 Å². The zero-order chi connectivity index (χ0) is 12.6. The van der Waals surface area contributed by atoms with E-state index in [1.165, 1.54) is 19.3 Å². The van der Waals surface area contributed by atoms with Crippen molar-refractivity contribution in [3.05, 3.63) is 0 Å². The van der Waals surface area contributed by atoms with Gasteiger partial charge in [0.15, 0.2) is 5.96 Å². The van der Waals surface area contributed by atoms with Crippen LogP contribution >= 0.6 is 0 Å². The Labute approximate surface area is 109 Å². The molecule has 0 spiro atoms. The second-order valence-electron chi connectivity index (χ2n) is 4.97. The van der Waals surface area contributed by atoms with Crippen molar-refractivity contribution in [2.45, 2.75) is 32.3 Å². The molecule has 104 valence electrons. The molecule has 0 radical (unpaired) electrons. The van der Waals surface area contributed by atoms with Crippen LogP contribution < -0.4 is 10.6 Å². The third-order valence-electron chi connectivity index (χ3n) is 3.46. The number of guanidine groups is 1. The fourth-order valence-electron chi connectivity index (χ4n) is 2.10. The molecule has 1 saturated heterocycles. The van der Waals surface area contributed by atoms with Crippen LogP contribution in [0.2, 0.25) is 0 Å². The van der Waals surface area contributed by atoms with E-state index in [1.54, 1.807) is 0 Å². The highest BCUT2D eigenvalue weighted by atomic mass is 16.6. The Bertz CT molecular complexity index is 261. The molecular formula is C13H25N3O2. The second-order valence-corrected chi connectivity index (χ2v) is 4.97. The van der Waals surface area contributed by atoms with Crippen LogP contribution in [0.1, 0.15) is 26.2 Å². The largest absolute Gasteiger partial charge is 0.376 e. The Balaban J connectivity index is 1.70. The molecule has 1 aliphatic carbocycles. The molecule has 2 fully saturated rings. The molecule has 0 aromatic heterocycles. The number of ether oxygens (including phenoxy) is 2. The van der Waals surface area contributed by atoms with Crippen molar-refractivity contribution in [1.82, 2.24) is 10.6 Å². The standard InChI is InChI=1S/C13H25N3O2/c1-2-14-13(15-8-11-4-3-5-11)16-9-12-10-17-6-7-18-12/h11-12H,2-10H2,1H3,(H2,14,15,16). The lowest BCUT2D eigenvalue weighted by atomic mass is 9.86. The third-order valence-corrected chi connectivity index (χ3v) is 3.46. The summed E-state index contributed by atoms with van der Waals surface area (Å²) in [6.07, 6.45) is 4.19. The summed E-state index contributed by atoms with van der Waals surface area (Å²) in [5.41, 5.74) is 0. The normalized spacial score (nSPS) is 25.6. The van der Waals surface area contributed by atoms with Crippen molar-refractivity contribution >= 4 is 5.96 Å². The van der Waals surface area contributed by atoms with Crippen molar-refractivity contribution in [3.8, 4) is 0 Å². The number of nitrogens with zero attached hydrogens (tertiary/aromatic N) is 1. The molecule has 1 heterocycles. The summed E-state index contributed by atoms with van der Waals surface area (Å²) < 4.78 is 11.0. The highest BCUT2D eigenvalue weighted by Gasteiger charge is 2.17. The van der Waals surface area contributed by atoms with Gasteiger partial charge in [-0.15, -0.1) is 0 Å². The fraction of sp³-hybridized carbons (Fsp3) is 0.923. The van der Waals surface area contributed by atoms with Gasteiger partial charge >= 0.3 is 0 Å². The third kappa shape index (κ3) is 4.46. The Hall–Kier alpha value is -0.810. The second kappa shape index (κ2) is 7.59. The number of aliphatic imine (C=N–C) groups is 1. The highest BCUT2D eigenvalue weighted by molar-refractivity contribution is 5.79. The van der Waals surface area contributed by atoms with Gasteiger partial charge < -0.3 is 20.1 Å². The molecule has 2 aliphatic rings. The van der Waals surface area contributed by atoms with E-state index in [0.717, 1.165) is 31.5 Å². The molecule has 2 rings (SSSR count). The molecule has 0 aromatic carbocycles. The predicted octanol–water partition coefficient (Wildman–Crippen LogP) is 0.757. The Kier molecular flexibility index (Phi) is 5.74. The van der Waals surface area contributed by atoms with Gasteiger partial charge in [0.1, 0.15) is 0 Å². The van der Waals surface area contributed by atoms with Gasteiger partial charge in [0.25, 0.3) is 0 Å². The molecule has 18 heavy (non-hydrogen) atoms. The zero-order valence-electron chi connectivity index (χ0n) is 11.3. The maximum Gasteiger partial charge on any atom is 0.191 e. The van der Waals surface area contributed by atoms with E-state index < -0.39 is 0 Å². The van der Waals surface area contributed by atoms with E-state index in [2.05, 4.69) is 22.5 Å². The molecule has 1 unspecified atom stereocenters. The quantitative estimate of drug-likeness (QED) is 0.562. The summed E-state index contributed by atoms with van der Waals surface area (Å²) in [4.78, 5) is 4.62. The zero-order valence-corrected chi connectivity index (χ0v) is 11.3. The monoisotopic (exact) mass is 255 g/mol. The van der Waals surface area contributed by atoms with Crippen molar-refractivity contribution in [2.24, 2.45) is 10.9 Å². The first kappa shape index (κ1) is 13.6. The summed E-state index contributed by atoms with van der Waals surface area (Å²) in [7, 11) is 0. The van der Waals surface area contributed by atoms with Gasteiger partial charge in [0, 0.05) is 19.6 Å². The molecule has 2 N–H and O–H groups in total. The van der Waals surface area contributed by atoms with Crippen molar-refractivity contribution in [1.29, 1.82) is 0 Å². The average Bonchev–Trinajstić information content (AvgIpc) is 2.35. The van der Waals surface area contributed by atoms with Gasteiger partial charge in [-0.2, -0.15) is 0 Å². The van der Waals surface area contributed by atoms with Gasteiger partial charge in [0.2, 0.25) is 0 Å². The minimum absolute atomic E-state index is 0.145. The first-order chi connectivity index (χ1) is 8.88. The summed E-state index contributed by atoms with van der Waals surface area (Å²) in [6.45, 7) is 6.76. The Morgan fingerprint density at radius 1 is 1.28 bits per heavy atom. The molecule has 1 atom stereocenters. The van der Waals surface area contributed by atoms with Crippen LogP contribution in [-0.2, 0) is 9.47 Å². The fourth-order valence-corrected chi connectivity index (χ4v) is 2.10. The number of rotatable bonds is 5. The topological polar surface area (TPSA) is 54.9 Å². The van der Waals surface area contributed by atoms with E-state index in [4.69, 9.17) is 9.47 Å². The van der Waals surface area contributed by atoms with Gasteiger partial charge in [-0.25, -0.2) is 0 Å². The molecular weight excluding hydrogens is 230 g/mol. The Morgan fingerprint density at radius 2 is 2.17 bits per heavy atom. The van der Waals surface area contributed by atoms with Gasteiger partial charge in [0.05, 0.1) is 25.9 Å². The minimum atomic E-state index is 0.145. The van der Waals surface area contributed by atoms with Gasteiger partial charge in [-0.1, -0.05) is 6.42 Å². The van der Waals surface area contributed by atoms with Gasteiger partial charge in [-0.3, -0.25) is 4.99 Å². The number of hydrogen-bond acceptors (Lipinski definition) is 3. The van der Waals surface area contributed by atoms with Crippen LogP contribution in [-0.4, -0.2) is 51.5 Å². The first-order valence-corrected chi connectivity index (χ1v) is 7.10. The molecule has 5 nitrogen and oxygen atoms in total. The summed E-state index contributed by atoms with van der Waals surface area (Å²) in [5.74, 6) is 1.70. The van der Waals surface area contributed by atoms with E-state index in [1.807, 2.05) is 0 Å². The van der Waals surface area contributed by atoms with E-state index >= 15 is 0 Å². The molecule has 1 aliphatic heterocycles. The average molecular weight is 255 g/mol. The molecule has 1 saturated carbocycles. The smallest absolute Gasteiger partial charge is 0.191 e. The summed E-state index contributed by atoms with van der Waals surface area (Å²) >= 11 is 0. The number of nitrogens with one attached hydrogen (secondary N) is 2. The maximum atomic E-state index is 5.59. The lowest BCUT2D eigenvalue weighted by molar-refractivity contribution is -0.0850.